The number of anilines is 1. The fourth-order valence-corrected chi connectivity index (χ4v) is 3.30. The van der Waals surface area contributed by atoms with E-state index in [0.717, 1.165) is 17.1 Å². The van der Waals surface area contributed by atoms with Crippen LogP contribution in [0.1, 0.15) is 57.3 Å². The Morgan fingerprint density at radius 3 is 2.38 bits per heavy atom. The molecule has 1 aliphatic rings. The van der Waals surface area contributed by atoms with E-state index in [-0.39, 0.29) is 11.9 Å². The minimum atomic E-state index is -0.239. The summed E-state index contributed by atoms with van der Waals surface area (Å²) in [4.78, 5) is 4.83. The summed E-state index contributed by atoms with van der Waals surface area (Å²) in [7, 11) is 0. The average molecular weight is 287 g/mol. The summed E-state index contributed by atoms with van der Waals surface area (Å²) in [5.74, 6) is 2.05. The molecule has 2 N–H and O–H groups in total. The molecule has 1 saturated carbocycles. The molecule has 0 radical (unpaired) electrons. The van der Waals surface area contributed by atoms with Gasteiger partial charge in [-0.25, -0.2) is 9.37 Å². The van der Waals surface area contributed by atoms with Crippen LogP contribution >= 0.6 is 0 Å². The molecule has 0 bridgehead atoms. The summed E-state index contributed by atoms with van der Waals surface area (Å²) in [6.45, 7) is 4.26. The maximum atomic E-state index is 13.1. The second-order valence-corrected chi connectivity index (χ2v) is 6.16. The normalized spacial score (nSPS) is 16.0. The van der Waals surface area contributed by atoms with E-state index in [1.54, 1.807) is 12.1 Å². The molecule has 1 aromatic heterocycles. The van der Waals surface area contributed by atoms with Gasteiger partial charge in [0.1, 0.15) is 23.2 Å². The van der Waals surface area contributed by atoms with Crippen LogP contribution in [0.4, 0.5) is 10.2 Å². The van der Waals surface area contributed by atoms with Crippen LogP contribution in [0.2, 0.25) is 0 Å². The van der Waals surface area contributed by atoms with Crippen molar-refractivity contribution in [3.63, 3.8) is 0 Å². The van der Waals surface area contributed by atoms with Gasteiger partial charge in [-0.15, -0.1) is 0 Å². The Balaban J connectivity index is 2.09. The molecule has 1 heterocycles. The standard InChI is InChI=1S/C17H22FN3/c1-11(2)21-16(19)15(12-7-9-14(18)10-8-12)20-17(21)13-5-3-4-6-13/h7-11,13H,3-6,19H2,1-2H3. The highest BCUT2D eigenvalue weighted by Gasteiger charge is 2.26. The first-order valence-corrected chi connectivity index (χ1v) is 7.71. The molecular weight excluding hydrogens is 265 g/mol. The van der Waals surface area contributed by atoms with Gasteiger partial charge in [0.25, 0.3) is 0 Å². The van der Waals surface area contributed by atoms with E-state index in [1.807, 2.05) is 0 Å². The Labute approximate surface area is 125 Å². The molecule has 1 aromatic carbocycles. The van der Waals surface area contributed by atoms with Gasteiger partial charge in [-0.05, 0) is 51.0 Å². The summed E-state index contributed by atoms with van der Waals surface area (Å²) >= 11 is 0. The molecule has 3 rings (SSSR count). The minimum absolute atomic E-state index is 0.239. The lowest BCUT2D eigenvalue weighted by atomic mass is 10.1. The van der Waals surface area contributed by atoms with Gasteiger partial charge in [-0.3, -0.25) is 0 Å². The summed E-state index contributed by atoms with van der Waals surface area (Å²) in [5.41, 5.74) is 8.01. The molecule has 0 atom stereocenters. The van der Waals surface area contributed by atoms with Crippen LogP contribution < -0.4 is 5.73 Å². The first-order chi connectivity index (χ1) is 10.1. The number of aromatic nitrogens is 2. The molecule has 1 fully saturated rings. The van der Waals surface area contributed by atoms with Crippen LogP contribution in [-0.4, -0.2) is 9.55 Å². The Morgan fingerprint density at radius 2 is 1.81 bits per heavy atom. The van der Waals surface area contributed by atoms with Gasteiger partial charge in [0, 0.05) is 17.5 Å². The highest BCUT2D eigenvalue weighted by Crippen LogP contribution is 2.38. The van der Waals surface area contributed by atoms with Crippen molar-refractivity contribution in [3.05, 3.63) is 35.9 Å². The minimum Gasteiger partial charge on any atom is -0.383 e. The number of hydrogen-bond donors (Lipinski definition) is 1. The van der Waals surface area contributed by atoms with Crippen molar-refractivity contribution in [2.24, 2.45) is 0 Å². The average Bonchev–Trinajstić information content (AvgIpc) is 3.07. The lowest BCUT2D eigenvalue weighted by Gasteiger charge is -2.17. The van der Waals surface area contributed by atoms with Gasteiger partial charge in [0.2, 0.25) is 0 Å². The van der Waals surface area contributed by atoms with E-state index in [4.69, 9.17) is 10.7 Å². The molecule has 0 unspecified atom stereocenters. The summed E-state index contributed by atoms with van der Waals surface area (Å²) in [6.07, 6.45) is 4.90. The SMILES string of the molecule is CC(C)n1c(C2CCCC2)nc(-c2ccc(F)cc2)c1N. The van der Waals surface area contributed by atoms with E-state index in [1.165, 1.54) is 37.8 Å². The summed E-state index contributed by atoms with van der Waals surface area (Å²) in [6, 6.07) is 6.69. The first-order valence-electron chi connectivity index (χ1n) is 7.71. The smallest absolute Gasteiger partial charge is 0.131 e. The Hall–Kier alpha value is -1.84. The van der Waals surface area contributed by atoms with Crippen LogP contribution in [0.5, 0.6) is 0 Å². The molecule has 21 heavy (non-hydrogen) atoms. The molecule has 0 spiro atoms. The van der Waals surface area contributed by atoms with Gasteiger partial charge in [-0.2, -0.15) is 0 Å². The van der Waals surface area contributed by atoms with Crippen molar-refractivity contribution in [1.29, 1.82) is 0 Å². The molecule has 1 aliphatic carbocycles. The number of rotatable bonds is 3. The molecule has 2 aromatic rings. The second kappa shape index (κ2) is 5.51. The number of hydrogen-bond acceptors (Lipinski definition) is 2. The Kier molecular flexibility index (Phi) is 3.70. The largest absolute Gasteiger partial charge is 0.383 e. The van der Waals surface area contributed by atoms with Crippen molar-refractivity contribution < 1.29 is 4.39 Å². The van der Waals surface area contributed by atoms with Crippen LogP contribution in [-0.2, 0) is 0 Å². The Morgan fingerprint density at radius 1 is 1.19 bits per heavy atom. The molecule has 0 amide bonds. The van der Waals surface area contributed by atoms with Crippen LogP contribution in [0, 0.1) is 5.82 Å². The lowest BCUT2D eigenvalue weighted by Crippen LogP contribution is -2.11. The summed E-state index contributed by atoms with van der Waals surface area (Å²) in [5, 5.41) is 0. The summed E-state index contributed by atoms with van der Waals surface area (Å²) < 4.78 is 15.3. The molecule has 4 heteroatoms. The number of nitrogen functional groups attached to an aromatic ring is 1. The predicted octanol–water partition coefficient (Wildman–Crippen LogP) is 4.51. The van der Waals surface area contributed by atoms with Gasteiger partial charge in [0.05, 0.1) is 0 Å². The van der Waals surface area contributed by atoms with Crippen LogP contribution in [0.3, 0.4) is 0 Å². The third-order valence-corrected chi connectivity index (χ3v) is 4.33. The van der Waals surface area contributed by atoms with E-state index >= 15 is 0 Å². The van der Waals surface area contributed by atoms with Crippen molar-refractivity contribution in [3.8, 4) is 11.3 Å². The van der Waals surface area contributed by atoms with E-state index in [2.05, 4.69) is 18.4 Å². The zero-order chi connectivity index (χ0) is 15.0. The maximum Gasteiger partial charge on any atom is 0.131 e. The fourth-order valence-electron chi connectivity index (χ4n) is 3.30. The van der Waals surface area contributed by atoms with Crippen molar-refractivity contribution >= 4 is 5.82 Å². The van der Waals surface area contributed by atoms with E-state index < -0.39 is 0 Å². The monoisotopic (exact) mass is 287 g/mol. The molecule has 0 saturated heterocycles. The molecule has 3 nitrogen and oxygen atoms in total. The highest BCUT2D eigenvalue weighted by molar-refractivity contribution is 5.71. The predicted molar refractivity (Wildman–Crippen MR) is 83.6 cm³/mol. The molecule has 112 valence electrons. The molecular formula is C17H22FN3. The van der Waals surface area contributed by atoms with Crippen molar-refractivity contribution in [2.75, 3.05) is 5.73 Å². The number of benzene rings is 1. The van der Waals surface area contributed by atoms with Crippen molar-refractivity contribution in [2.45, 2.75) is 51.5 Å². The van der Waals surface area contributed by atoms with Crippen LogP contribution in [0.15, 0.2) is 24.3 Å². The van der Waals surface area contributed by atoms with Crippen LogP contribution in [0.25, 0.3) is 11.3 Å². The number of nitrogens with two attached hydrogens (primary N) is 1. The zero-order valence-corrected chi connectivity index (χ0v) is 12.6. The Bertz CT molecular complexity index is 622. The van der Waals surface area contributed by atoms with Crippen molar-refractivity contribution in [1.82, 2.24) is 9.55 Å². The van der Waals surface area contributed by atoms with Gasteiger partial charge >= 0.3 is 0 Å². The zero-order valence-electron chi connectivity index (χ0n) is 12.6. The van der Waals surface area contributed by atoms with E-state index in [9.17, 15) is 4.39 Å². The second-order valence-electron chi connectivity index (χ2n) is 6.16. The van der Waals surface area contributed by atoms with Gasteiger partial charge in [0.15, 0.2) is 0 Å². The third kappa shape index (κ3) is 2.55. The first kappa shape index (κ1) is 14.1. The molecule has 0 aliphatic heterocycles. The van der Waals surface area contributed by atoms with Gasteiger partial charge < -0.3 is 10.3 Å². The van der Waals surface area contributed by atoms with E-state index in [0.29, 0.717) is 11.7 Å². The number of imidazole rings is 1. The third-order valence-electron chi connectivity index (χ3n) is 4.33. The fraction of sp³-hybridized carbons (Fsp3) is 0.471. The highest BCUT2D eigenvalue weighted by atomic mass is 19.1. The topological polar surface area (TPSA) is 43.8 Å². The maximum absolute atomic E-state index is 13.1. The quantitative estimate of drug-likeness (QED) is 0.902. The number of nitrogens with zero attached hydrogens (tertiary/aromatic N) is 2. The lowest BCUT2D eigenvalue weighted by molar-refractivity contribution is 0.534. The number of halogens is 1. The van der Waals surface area contributed by atoms with Gasteiger partial charge in [-0.1, -0.05) is 12.8 Å².